The topological polar surface area (TPSA) is 72.6 Å². The van der Waals surface area contributed by atoms with Crippen LogP contribution in [0.2, 0.25) is 0 Å². The van der Waals surface area contributed by atoms with Gasteiger partial charge in [0.2, 0.25) is 0 Å². The van der Waals surface area contributed by atoms with Crippen molar-refractivity contribution in [2.45, 2.75) is 0 Å². The van der Waals surface area contributed by atoms with Crippen LogP contribution in [-0.2, 0) is 9.53 Å². The highest BCUT2D eigenvalue weighted by Crippen LogP contribution is 2.35. The number of carbonyl (C=O) groups is 2. The summed E-state index contributed by atoms with van der Waals surface area (Å²) >= 11 is 1.40. The van der Waals surface area contributed by atoms with Gasteiger partial charge in [0.25, 0.3) is 11.8 Å². The quantitative estimate of drug-likeness (QED) is 0.787. The van der Waals surface area contributed by atoms with Crippen LogP contribution in [-0.4, -0.2) is 31.6 Å². The molecule has 0 spiro atoms. The third kappa shape index (κ3) is 2.90. The number of morpholine rings is 1. The second-order valence-electron chi connectivity index (χ2n) is 5.84. The molecule has 4 rings (SSSR count). The van der Waals surface area contributed by atoms with E-state index in [1.165, 1.54) is 11.3 Å². The summed E-state index contributed by atoms with van der Waals surface area (Å²) in [5, 5.41) is 1.00. The molecule has 2 N–H and O–H groups in total. The predicted octanol–water partition coefficient (Wildman–Crippen LogP) is 3.03. The van der Waals surface area contributed by atoms with Crippen LogP contribution in [0.3, 0.4) is 0 Å². The standard InChI is InChI=1S/C19H16N2O3S/c20-19(23)16-10-13-2-1-3-15(18(13)25-16)12-4-6-14(7-5-12)21-8-9-24-11-17(21)22/h1-7,10H,8-9,11H2,(H2,20,23). The van der Waals surface area contributed by atoms with Crippen LogP contribution in [0.25, 0.3) is 21.2 Å². The van der Waals surface area contributed by atoms with Crippen molar-refractivity contribution >= 4 is 38.9 Å². The first-order valence-electron chi connectivity index (χ1n) is 7.94. The third-order valence-electron chi connectivity index (χ3n) is 4.26. The number of nitrogens with zero attached hydrogens (tertiary/aromatic N) is 1. The summed E-state index contributed by atoms with van der Waals surface area (Å²) < 4.78 is 6.20. The zero-order valence-corrected chi connectivity index (χ0v) is 14.2. The van der Waals surface area contributed by atoms with Crippen LogP contribution in [0.15, 0.2) is 48.5 Å². The number of anilines is 1. The summed E-state index contributed by atoms with van der Waals surface area (Å²) in [7, 11) is 0. The molecule has 5 nitrogen and oxygen atoms in total. The maximum atomic E-state index is 11.9. The molecule has 1 fully saturated rings. The average molecular weight is 352 g/mol. The lowest BCUT2D eigenvalue weighted by atomic mass is 10.0. The van der Waals surface area contributed by atoms with Crippen LogP contribution in [0.1, 0.15) is 9.67 Å². The summed E-state index contributed by atoms with van der Waals surface area (Å²) in [6.07, 6.45) is 0. The van der Waals surface area contributed by atoms with Crippen LogP contribution in [0.5, 0.6) is 0 Å². The molecule has 0 saturated carbocycles. The normalized spacial score (nSPS) is 14.9. The zero-order valence-electron chi connectivity index (χ0n) is 13.4. The van der Waals surface area contributed by atoms with Gasteiger partial charge in [-0.25, -0.2) is 0 Å². The van der Waals surface area contributed by atoms with Crippen molar-refractivity contribution in [3.63, 3.8) is 0 Å². The van der Waals surface area contributed by atoms with Crippen molar-refractivity contribution in [2.75, 3.05) is 24.7 Å². The van der Waals surface area contributed by atoms with Crippen molar-refractivity contribution in [3.05, 3.63) is 53.4 Å². The van der Waals surface area contributed by atoms with Crippen molar-refractivity contribution in [1.82, 2.24) is 0 Å². The molecule has 1 aliphatic heterocycles. The Hall–Kier alpha value is -2.70. The fourth-order valence-electron chi connectivity index (χ4n) is 3.02. The van der Waals surface area contributed by atoms with Crippen LogP contribution < -0.4 is 10.6 Å². The van der Waals surface area contributed by atoms with E-state index in [0.29, 0.717) is 18.0 Å². The lowest BCUT2D eigenvalue weighted by Gasteiger charge is -2.26. The first kappa shape index (κ1) is 15.8. The average Bonchev–Trinajstić information content (AvgIpc) is 3.07. The molecule has 126 valence electrons. The molecule has 1 aromatic heterocycles. The van der Waals surface area contributed by atoms with Gasteiger partial charge >= 0.3 is 0 Å². The Morgan fingerprint density at radius 3 is 2.68 bits per heavy atom. The molecule has 2 aromatic carbocycles. The molecule has 25 heavy (non-hydrogen) atoms. The van der Waals surface area contributed by atoms with Gasteiger partial charge in [-0.2, -0.15) is 0 Å². The second-order valence-corrected chi connectivity index (χ2v) is 6.90. The number of nitrogens with two attached hydrogens (primary N) is 1. The Morgan fingerprint density at radius 1 is 1.16 bits per heavy atom. The number of hydrogen-bond donors (Lipinski definition) is 1. The number of carbonyl (C=O) groups excluding carboxylic acids is 2. The number of thiophene rings is 1. The number of ether oxygens (including phenoxy) is 1. The molecular weight excluding hydrogens is 336 g/mol. The van der Waals surface area contributed by atoms with E-state index in [1.807, 2.05) is 48.5 Å². The second kappa shape index (κ2) is 6.31. The molecule has 6 heteroatoms. The molecular formula is C19H16N2O3S. The number of primary amides is 1. The SMILES string of the molecule is NC(=O)c1cc2cccc(-c3ccc(N4CCOCC4=O)cc3)c2s1. The summed E-state index contributed by atoms with van der Waals surface area (Å²) in [4.78, 5) is 25.7. The summed E-state index contributed by atoms with van der Waals surface area (Å²) in [5.41, 5.74) is 8.36. The monoisotopic (exact) mass is 352 g/mol. The maximum absolute atomic E-state index is 11.9. The minimum Gasteiger partial charge on any atom is -0.370 e. The van der Waals surface area contributed by atoms with Crippen molar-refractivity contribution in [1.29, 1.82) is 0 Å². The lowest BCUT2D eigenvalue weighted by molar-refractivity contribution is -0.125. The van der Waals surface area contributed by atoms with Gasteiger partial charge in [-0.3, -0.25) is 9.59 Å². The number of amides is 2. The van der Waals surface area contributed by atoms with Gasteiger partial charge in [0.15, 0.2) is 0 Å². The zero-order chi connectivity index (χ0) is 17.4. The fourth-order valence-corrected chi connectivity index (χ4v) is 4.07. The highest BCUT2D eigenvalue weighted by atomic mass is 32.1. The van der Waals surface area contributed by atoms with Gasteiger partial charge in [0.1, 0.15) is 6.61 Å². The van der Waals surface area contributed by atoms with Gasteiger partial charge < -0.3 is 15.4 Å². The van der Waals surface area contributed by atoms with Crippen molar-refractivity contribution < 1.29 is 14.3 Å². The molecule has 0 radical (unpaired) electrons. The van der Waals surface area contributed by atoms with E-state index in [2.05, 4.69) is 0 Å². The molecule has 2 amide bonds. The van der Waals surface area contributed by atoms with Gasteiger partial charge in [-0.15, -0.1) is 11.3 Å². The third-order valence-corrected chi connectivity index (χ3v) is 5.46. The van der Waals surface area contributed by atoms with Crippen LogP contribution in [0.4, 0.5) is 5.69 Å². The van der Waals surface area contributed by atoms with Gasteiger partial charge in [-0.05, 0) is 34.7 Å². The Morgan fingerprint density at radius 2 is 1.96 bits per heavy atom. The molecule has 2 heterocycles. The van der Waals surface area contributed by atoms with Crippen LogP contribution in [0, 0.1) is 0 Å². The fraction of sp³-hybridized carbons (Fsp3) is 0.158. The van der Waals surface area contributed by atoms with Crippen LogP contribution >= 0.6 is 11.3 Å². The van der Waals surface area contributed by atoms with E-state index in [1.54, 1.807) is 4.90 Å². The largest absolute Gasteiger partial charge is 0.370 e. The Labute approximate surface area is 148 Å². The molecule has 0 atom stereocenters. The molecule has 3 aromatic rings. The number of rotatable bonds is 3. The highest BCUT2D eigenvalue weighted by Gasteiger charge is 2.20. The lowest BCUT2D eigenvalue weighted by Crippen LogP contribution is -2.41. The van der Waals surface area contributed by atoms with Gasteiger partial charge in [-0.1, -0.05) is 30.3 Å². The highest BCUT2D eigenvalue weighted by molar-refractivity contribution is 7.21. The van der Waals surface area contributed by atoms with Crippen molar-refractivity contribution in [2.24, 2.45) is 5.73 Å². The maximum Gasteiger partial charge on any atom is 0.258 e. The minimum atomic E-state index is -0.409. The summed E-state index contributed by atoms with van der Waals surface area (Å²) in [5.74, 6) is -0.432. The molecule has 0 unspecified atom stereocenters. The molecule has 0 bridgehead atoms. The van der Waals surface area contributed by atoms with Gasteiger partial charge in [0, 0.05) is 16.9 Å². The van der Waals surface area contributed by atoms with Crippen molar-refractivity contribution in [3.8, 4) is 11.1 Å². The number of benzene rings is 2. The van der Waals surface area contributed by atoms with E-state index in [-0.39, 0.29) is 12.5 Å². The van der Waals surface area contributed by atoms with E-state index >= 15 is 0 Å². The summed E-state index contributed by atoms with van der Waals surface area (Å²) in [6.45, 7) is 1.25. The first-order chi connectivity index (χ1) is 12.1. The molecule has 1 aliphatic rings. The smallest absolute Gasteiger partial charge is 0.258 e. The Balaban J connectivity index is 1.71. The minimum absolute atomic E-state index is 0.0227. The number of fused-ring (bicyclic) bond motifs is 1. The van der Waals surface area contributed by atoms with E-state index in [4.69, 9.17) is 10.5 Å². The molecule has 0 aliphatic carbocycles. The first-order valence-corrected chi connectivity index (χ1v) is 8.76. The van der Waals surface area contributed by atoms with E-state index in [0.717, 1.165) is 26.9 Å². The van der Waals surface area contributed by atoms with E-state index < -0.39 is 5.91 Å². The van der Waals surface area contributed by atoms with E-state index in [9.17, 15) is 9.59 Å². The Bertz CT molecular complexity index is 962. The van der Waals surface area contributed by atoms with Gasteiger partial charge in [0.05, 0.1) is 11.5 Å². The summed E-state index contributed by atoms with van der Waals surface area (Å²) in [6, 6.07) is 15.7. The number of hydrogen-bond acceptors (Lipinski definition) is 4. The predicted molar refractivity (Wildman–Crippen MR) is 99.0 cm³/mol. The molecule has 1 saturated heterocycles. The Kier molecular flexibility index (Phi) is 3.99.